The molecule has 1 aromatic heterocycles. The third-order valence-electron chi connectivity index (χ3n) is 4.08. The predicted octanol–water partition coefficient (Wildman–Crippen LogP) is 5.24. The molecule has 0 saturated carbocycles. The largest absolute Gasteiger partial charge is 0.416 e. The van der Waals surface area contributed by atoms with Crippen LogP contribution < -0.4 is 5.32 Å². The van der Waals surface area contributed by atoms with Gasteiger partial charge in [0.2, 0.25) is 0 Å². The minimum Gasteiger partial charge on any atom is -0.345 e. The van der Waals surface area contributed by atoms with Crippen LogP contribution in [0.15, 0.2) is 54.7 Å². The van der Waals surface area contributed by atoms with Gasteiger partial charge < -0.3 is 5.32 Å². The van der Waals surface area contributed by atoms with E-state index in [0.717, 1.165) is 12.1 Å². The Morgan fingerprint density at radius 3 is 2.56 bits per heavy atom. The molecular weight excluding hydrogens is 379 g/mol. The summed E-state index contributed by atoms with van der Waals surface area (Å²) in [6.07, 6.45) is -3.07. The number of rotatable bonds is 4. The number of nitrogens with one attached hydrogen (secondary N) is 2. The standard InChI is InChI=1S/C19H15ClF3N3O/c1-11(13-3-2-4-14(9-13)19(21,22)23)25-18(27)16-10-24-26-17(16)12-5-7-15(20)8-6-12/h2-11H,1H3,(H,24,26)(H,25,27)/t11-/m0/s1. The molecule has 0 spiro atoms. The summed E-state index contributed by atoms with van der Waals surface area (Å²) < 4.78 is 38.6. The molecule has 0 bridgehead atoms. The lowest BCUT2D eigenvalue weighted by atomic mass is 10.0. The van der Waals surface area contributed by atoms with E-state index >= 15 is 0 Å². The number of nitrogens with zero attached hydrogens (tertiary/aromatic N) is 1. The van der Waals surface area contributed by atoms with Crippen molar-refractivity contribution >= 4 is 17.5 Å². The predicted molar refractivity (Wildman–Crippen MR) is 96.4 cm³/mol. The summed E-state index contributed by atoms with van der Waals surface area (Å²) in [5, 5.41) is 9.93. The highest BCUT2D eigenvalue weighted by molar-refractivity contribution is 6.30. The number of carbonyl (C=O) groups is 1. The molecular formula is C19H15ClF3N3O. The number of carbonyl (C=O) groups excluding carboxylic acids is 1. The van der Waals surface area contributed by atoms with Crippen molar-refractivity contribution < 1.29 is 18.0 Å². The van der Waals surface area contributed by atoms with Gasteiger partial charge in [-0.3, -0.25) is 9.89 Å². The van der Waals surface area contributed by atoms with E-state index in [4.69, 9.17) is 11.6 Å². The fourth-order valence-electron chi connectivity index (χ4n) is 2.64. The van der Waals surface area contributed by atoms with Crippen molar-refractivity contribution in [3.8, 4) is 11.3 Å². The Kier molecular flexibility index (Phi) is 5.23. The van der Waals surface area contributed by atoms with Gasteiger partial charge >= 0.3 is 6.18 Å². The zero-order chi connectivity index (χ0) is 19.6. The summed E-state index contributed by atoms with van der Waals surface area (Å²) in [5.74, 6) is -0.446. The second-order valence-electron chi connectivity index (χ2n) is 5.98. The molecule has 0 aliphatic carbocycles. The van der Waals surface area contributed by atoms with Gasteiger partial charge in [0.15, 0.2) is 0 Å². The molecule has 2 aromatic carbocycles. The molecule has 0 fully saturated rings. The first-order valence-corrected chi connectivity index (χ1v) is 8.41. The van der Waals surface area contributed by atoms with Crippen molar-refractivity contribution in [2.24, 2.45) is 0 Å². The Balaban J connectivity index is 1.80. The molecule has 0 aliphatic rings. The van der Waals surface area contributed by atoms with Crippen molar-refractivity contribution in [1.82, 2.24) is 15.5 Å². The molecule has 27 heavy (non-hydrogen) atoms. The number of aromatic nitrogens is 2. The van der Waals surface area contributed by atoms with Crippen molar-refractivity contribution in [2.45, 2.75) is 19.1 Å². The monoisotopic (exact) mass is 393 g/mol. The number of alkyl halides is 3. The highest BCUT2D eigenvalue weighted by Crippen LogP contribution is 2.31. The van der Waals surface area contributed by atoms with Crippen LogP contribution in [-0.4, -0.2) is 16.1 Å². The van der Waals surface area contributed by atoms with Gasteiger partial charge in [-0.2, -0.15) is 18.3 Å². The topological polar surface area (TPSA) is 57.8 Å². The van der Waals surface area contributed by atoms with E-state index in [9.17, 15) is 18.0 Å². The maximum atomic E-state index is 12.9. The number of halogens is 4. The van der Waals surface area contributed by atoms with Crippen LogP contribution in [-0.2, 0) is 6.18 Å². The minimum atomic E-state index is -4.44. The molecule has 1 atom stereocenters. The first-order valence-electron chi connectivity index (χ1n) is 8.03. The van der Waals surface area contributed by atoms with Gasteiger partial charge in [0.25, 0.3) is 5.91 Å². The summed E-state index contributed by atoms with van der Waals surface area (Å²) in [6.45, 7) is 1.62. The fraction of sp³-hybridized carbons (Fsp3) is 0.158. The van der Waals surface area contributed by atoms with E-state index in [-0.39, 0.29) is 5.56 Å². The van der Waals surface area contributed by atoms with Crippen molar-refractivity contribution in [3.05, 3.63) is 76.4 Å². The average Bonchev–Trinajstić information content (AvgIpc) is 3.11. The maximum Gasteiger partial charge on any atom is 0.416 e. The van der Waals surface area contributed by atoms with Crippen molar-refractivity contribution in [2.75, 3.05) is 0 Å². The van der Waals surface area contributed by atoms with Gasteiger partial charge in [0.1, 0.15) is 0 Å². The van der Waals surface area contributed by atoms with E-state index in [2.05, 4.69) is 15.5 Å². The highest BCUT2D eigenvalue weighted by Gasteiger charge is 2.30. The van der Waals surface area contributed by atoms with Crippen LogP contribution in [0.1, 0.15) is 34.5 Å². The lowest BCUT2D eigenvalue weighted by molar-refractivity contribution is -0.137. The zero-order valence-corrected chi connectivity index (χ0v) is 14.9. The van der Waals surface area contributed by atoms with Gasteiger partial charge in [-0.1, -0.05) is 35.9 Å². The molecule has 0 radical (unpaired) electrons. The SMILES string of the molecule is C[C@H](NC(=O)c1cn[nH]c1-c1ccc(Cl)cc1)c1cccc(C(F)(F)F)c1. The highest BCUT2D eigenvalue weighted by atomic mass is 35.5. The molecule has 3 aromatic rings. The van der Waals surface area contributed by atoms with Crippen LogP contribution in [0.3, 0.4) is 0 Å². The van der Waals surface area contributed by atoms with Crippen molar-refractivity contribution in [1.29, 1.82) is 0 Å². The summed E-state index contributed by atoms with van der Waals surface area (Å²) in [5.41, 5.74) is 1.10. The van der Waals surface area contributed by atoms with E-state index in [0.29, 0.717) is 21.8 Å². The fourth-order valence-corrected chi connectivity index (χ4v) is 2.76. The number of aromatic amines is 1. The summed E-state index contributed by atoms with van der Waals surface area (Å²) in [4.78, 5) is 12.6. The van der Waals surface area contributed by atoms with Crippen LogP contribution in [0.5, 0.6) is 0 Å². The number of hydrogen-bond donors (Lipinski definition) is 2. The third-order valence-corrected chi connectivity index (χ3v) is 4.33. The zero-order valence-electron chi connectivity index (χ0n) is 14.1. The van der Waals surface area contributed by atoms with Gasteiger partial charge in [-0.15, -0.1) is 0 Å². The lowest BCUT2D eigenvalue weighted by Gasteiger charge is -2.16. The molecule has 3 rings (SSSR count). The second-order valence-corrected chi connectivity index (χ2v) is 6.42. The summed E-state index contributed by atoms with van der Waals surface area (Å²) in [7, 11) is 0. The molecule has 0 aliphatic heterocycles. The first-order chi connectivity index (χ1) is 12.8. The van der Waals surface area contributed by atoms with Crippen LogP contribution in [0.2, 0.25) is 5.02 Å². The molecule has 1 heterocycles. The van der Waals surface area contributed by atoms with Crippen LogP contribution >= 0.6 is 11.6 Å². The summed E-state index contributed by atoms with van der Waals surface area (Å²) >= 11 is 5.87. The van der Waals surface area contributed by atoms with Crippen LogP contribution in [0.4, 0.5) is 13.2 Å². The quantitative estimate of drug-likeness (QED) is 0.636. The Labute approximate surface area is 158 Å². The number of benzene rings is 2. The Morgan fingerprint density at radius 2 is 1.89 bits per heavy atom. The summed E-state index contributed by atoms with van der Waals surface area (Å²) in [6, 6.07) is 11.1. The maximum absolute atomic E-state index is 12.9. The lowest BCUT2D eigenvalue weighted by Crippen LogP contribution is -2.27. The first kappa shape index (κ1) is 19.0. The second kappa shape index (κ2) is 7.44. The number of H-pyrrole nitrogens is 1. The van der Waals surface area contributed by atoms with Gasteiger partial charge in [0, 0.05) is 10.6 Å². The van der Waals surface area contributed by atoms with Gasteiger partial charge in [-0.25, -0.2) is 0 Å². The average molecular weight is 394 g/mol. The molecule has 1 amide bonds. The van der Waals surface area contributed by atoms with E-state index in [1.807, 2.05) is 0 Å². The Bertz CT molecular complexity index is 951. The minimum absolute atomic E-state index is 0.288. The number of hydrogen-bond acceptors (Lipinski definition) is 2. The van der Waals surface area contributed by atoms with Crippen LogP contribution in [0, 0.1) is 0 Å². The third kappa shape index (κ3) is 4.31. The van der Waals surface area contributed by atoms with Crippen LogP contribution in [0.25, 0.3) is 11.3 Å². The van der Waals surface area contributed by atoms with Gasteiger partial charge in [0.05, 0.1) is 29.1 Å². The van der Waals surface area contributed by atoms with E-state index < -0.39 is 23.7 Å². The molecule has 2 N–H and O–H groups in total. The molecule has 0 saturated heterocycles. The Hall–Kier alpha value is -2.80. The molecule has 8 heteroatoms. The van der Waals surface area contributed by atoms with E-state index in [1.54, 1.807) is 31.2 Å². The molecule has 4 nitrogen and oxygen atoms in total. The normalized spacial score (nSPS) is 12.6. The molecule has 140 valence electrons. The number of amides is 1. The molecule has 0 unspecified atom stereocenters. The van der Waals surface area contributed by atoms with Gasteiger partial charge in [-0.05, 0) is 36.8 Å². The van der Waals surface area contributed by atoms with E-state index in [1.165, 1.54) is 18.3 Å². The smallest absolute Gasteiger partial charge is 0.345 e. The Morgan fingerprint density at radius 1 is 1.19 bits per heavy atom. The van der Waals surface area contributed by atoms with Crippen molar-refractivity contribution in [3.63, 3.8) is 0 Å².